The van der Waals surface area contributed by atoms with Gasteiger partial charge in [0.15, 0.2) is 11.7 Å². The predicted octanol–water partition coefficient (Wildman–Crippen LogP) is 2.79. The van der Waals surface area contributed by atoms with Gasteiger partial charge in [0.1, 0.15) is 0 Å². The zero-order valence-corrected chi connectivity index (χ0v) is 13.4. The first-order chi connectivity index (χ1) is 9.99. The van der Waals surface area contributed by atoms with Crippen molar-refractivity contribution in [3.8, 4) is 6.07 Å². The van der Waals surface area contributed by atoms with Crippen molar-refractivity contribution in [2.45, 2.75) is 32.6 Å². The molecule has 0 saturated carbocycles. The molecule has 1 rings (SSSR count). The summed E-state index contributed by atoms with van der Waals surface area (Å²) < 4.78 is 0. The summed E-state index contributed by atoms with van der Waals surface area (Å²) >= 11 is 1.80. The van der Waals surface area contributed by atoms with Crippen LogP contribution in [0, 0.1) is 17.2 Å². The minimum atomic E-state index is -1.29. The Kier molecular flexibility index (Phi) is 6.97. The molecule has 1 amide bonds. The fourth-order valence-electron chi connectivity index (χ4n) is 1.76. The number of nitrogens with zero attached hydrogens (tertiary/aromatic N) is 1. The average molecular weight is 304 g/mol. The van der Waals surface area contributed by atoms with Crippen molar-refractivity contribution in [3.05, 3.63) is 35.4 Å². The number of carbonyl (C=O) groups is 2. The van der Waals surface area contributed by atoms with Gasteiger partial charge in [-0.15, -0.1) is 0 Å². The van der Waals surface area contributed by atoms with Gasteiger partial charge >= 0.3 is 0 Å². The summed E-state index contributed by atoms with van der Waals surface area (Å²) in [5, 5.41) is 11.7. The molecule has 1 aromatic carbocycles. The molecular weight excluding hydrogens is 284 g/mol. The highest BCUT2D eigenvalue weighted by Crippen LogP contribution is 2.15. The lowest BCUT2D eigenvalue weighted by atomic mass is 9.97. The smallest absolute Gasteiger partial charge is 0.245 e. The SMILES string of the molecule is CCSCc1ccc(C(=O)[C@H](C#N)C(=O)NC(C)C)cc1. The minimum Gasteiger partial charge on any atom is -0.352 e. The van der Waals surface area contributed by atoms with Crippen molar-refractivity contribution in [3.63, 3.8) is 0 Å². The van der Waals surface area contributed by atoms with Crippen LogP contribution in [0.4, 0.5) is 0 Å². The van der Waals surface area contributed by atoms with Crippen LogP contribution in [0.3, 0.4) is 0 Å². The molecule has 1 atom stereocenters. The quantitative estimate of drug-likeness (QED) is 0.621. The van der Waals surface area contributed by atoms with Gasteiger partial charge in [0.25, 0.3) is 0 Å². The van der Waals surface area contributed by atoms with Crippen molar-refractivity contribution < 1.29 is 9.59 Å². The molecule has 0 aliphatic rings. The van der Waals surface area contributed by atoms with E-state index < -0.39 is 17.6 Å². The summed E-state index contributed by atoms with van der Waals surface area (Å²) in [7, 11) is 0. The Morgan fingerprint density at radius 1 is 1.29 bits per heavy atom. The summed E-state index contributed by atoms with van der Waals surface area (Å²) in [4.78, 5) is 24.1. The molecule has 0 aliphatic heterocycles. The molecule has 112 valence electrons. The number of nitriles is 1. The second-order valence-electron chi connectivity index (χ2n) is 4.92. The number of rotatable bonds is 7. The van der Waals surface area contributed by atoms with Crippen LogP contribution in [0.15, 0.2) is 24.3 Å². The Morgan fingerprint density at radius 2 is 1.90 bits per heavy atom. The van der Waals surface area contributed by atoms with Gasteiger partial charge in [0.05, 0.1) is 6.07 Å². The second kappa shape index (κ2) is 8.48. The van der Waals surface area contributed by atoms with Crippen LogP contribution in [-0.4, -0.2) is 23.5 Å². The highest BCUT2D eigenvalue weighted by atomic mass is 32.2. The lowest BCUT2D eigenvalue weighted by Crippen LogP contribution is -2.38. The van der Waals surface area contributed by atoms with Crippen molar-refractivity contribution in [1.82, 2.24) is 5.32 Å². The summed E-state index contributed by atoms with van der Waals surface area (Å²) in [5.74, 6) is -0.357. The molecular formula is C16H20N2O2S. The molecule has 0 aliphatic carbocycles. The highest BCUT2D eigenvalue weighted by molar-refractivity contribution is 7.98. The Morgan fingerprint density at radius 3 is 2.38 bits per heavy atom. The molecule has 0 saturated heterocycles. The Bertz CT molecular complexity index is 532. The van der Waals surface area contributed by atoms with Crippen LogP contribution in [0.1, 0.15) is 36.7 Å². The number of thioether (sulfide) groups is 1. The Balaban J connectivity index is 2.81. The lowest BCUT2D eigenvalue weighted by molar-refractivity contribution is -0.122. The van der Waals surface area contributed by atoms with Crippen molar-refractivity contribution in [2.75, 3.05) is 5.75 Å². The first-order valence-corrected chi connectivity index (χ1v) is 8.06. The Labute approximate surface area is 129 Å². The molecule has 1 N–H and O–H groups in total. The van der Waals surface area contributed by atoms with E-state index in [1.54, 1.807) is 43.8 Å². The number of hydrogen-bond donors (Lipinski definition) is 1. The van der Waals surface area contributed by atoms with Crippen LogP contribution in [0.25, 0.3) is 0 Å². The van der Waals surface area contributed by atoms with Gasteiger partial charge in [-0.25, -0.2) is 0 Å². The number of nitrogens with one attached hydrogen (secondary N) is 1. The topological polar surface area (TPSA) is 70.0 Å². The third kappa shape index (κ3) is 5.24. The van der Waals surface area contributed by atoms with Gasteiger partial charge in [0.2, 0.25) is 5.91 Å². The number of amides is 1. The predicted molar refractivity (Wildman–Crippen MR) is 85.0 cm³/mol. The summed E-state index contributed by atoms with van der Waals surface area (Å²) in [6.07, 6.45) is 0. The molecule has 0 unspecified atom stereocenters. The molecule has 4 nitrogen and oxygen atoms in total. The first kappa shape index (κ1) is 17.3. The molecule has 0 heterocycles. The van der Waals surface area contributed by atoms with Crippen LogP contribution < -0.4 is 5.32 Å². The van der Waals surface area contributed by atoms with Crippen LogP contribution in [0.2, 0.25) is 0 Å². The third-order valence-corrected chi connectivity index (χ3v) is 3.74. The van der Waals surface area contributed by atoms with Crippen LogP contribution in [-0.2, 0) is 10.5 Å². The molecule has 0 aromatic heterocycles. The number of Topliss-reactive ketones (excluding diaryl/α,β-unsaturated/α-hetero) is 1. The van der Waals surface area contributed by atoms with Gasteiger partial charge < -0.3 is 5.32 Å². The standard InChI is InChI=1S/C16H20N2O2S/c1-4-21-10-12-5-7-13(8-6-12)15(19)14(9-17)16(20)18-11(2)3/h5-8,11,14H,4,10H2,1-3H3,(H,18,20)/t14-/m0/s1. The second-order valence-corrected chi connectivity index (χ2v) is 6.20. The molecule has 0 radical (unpaired) electrons. The van der Waals surface area contributed by atoms with Crippen molar-refractivity contribution in [1.29, 1.82) is 5.26 Å². The lowest BCUT2D eigenvalue weighted by Gasteiger charge is -2.12. The normalized spacial score (nSPS) is 11.8. The van der Waals surface area contributed by atoms with E-state index in [0.29, 0.717) is 5.56 Å². The van der Waals surface area contributed by atoms with E-state index in [1.807, 2.05) is 12.1 Å². The largest absolute Gasteiger partial charge is 0.352 e. The van der Waals surface area contributed by atoms with Gasteiger partial charge in [-0.05, 0) is 25.2 Å². The van der Waals surface area contributed by atoms with E-state index >= 15 is 0 Å². The zero-order chi connectivity index (χ0) is 15.8. The summed E-state index contributed by atoms with van der Waals surface area (Å²) in [6.45, 7) is 5.67. The number of benzene rings is 1. The van der Waals surface area contributed by atoms with Gasteiger partial charge in [-0.3, -0.25) is 9.59 Å². The fourth-order valence-corrected chi connectivity index (χ4v) is 2.39. The molecule has 0 bridgehead atoms. The van der Waals surface area contributed by atoms with Crippen molar-refractivity contribution in [2.24, 2.45) is 5.92 Å². The van der Waals surface area contributed by atoms with E-state index in [-0.39, 0.29) is 6.04 Å². The Hall–Kier alpha value is -1.80. The molecule has 1 aromatic rings. The van der Waals surface area contributed by atoms with E-state index in [2.05, 4.69) is 12.2 Å². The average Bonchev–Trinajstić information content (AvgIpc) is 2.45. The monoisotopic (exact) mass is 304 g/mol. The summed E-state index contributed by atoms with van der Waals surface area (Å²) in [5.41, 5.74) is 1.52. The number of carbonyl (C=O) groups excluding carboxylic acids is 2. The van der Waals surface area contributed by atoms with Gasteiger partial charge in [0, 0.05) is 17.4 Å². The maximum atomic E-state index is 12.2. The van der Waals surface area contributed by atoms with E-state index in [4.69, 9.17) is 5.26 Å². The minimum absolute atomic E-state index is 0.102. The van der Waals surface area contributed by atoms with E-state index in [9.17, 15) is 9.59 Å². The van der Waals surface area contributed by atoms with Crippen LogP contribution >= 0.6 is 11.8 Å². The summed E-state index contributed by atoms with van der Waals surface area (Å²) in [6, 6.07) is 8.78. The zero-order valence-electron chi connectivity index (χ0n) is 12.6. The maximum absolute atomic E-state index is 12.2. The number of hydrogen-bond acceptors (Lipinski definition) is 4. The van der Waals surface area contributed by atoms with E-state index in [0.717, 1.165) is 17.1 Å². The first-order valence-electron chi connectivity index (χ1n) is 6.90. The fraction of sp³-hybridized carbons (Fsp3) is 0.438. The molecule has 21 heavy (non-hydrogen) atoms. The maximum Gasteiger partial charge on any atom is 0.245 e. The number of ketones is 1. The van der Waals surface area contributed by atoms with Crippen LogP contribution in [0.5, 0.6) is 0 Å². The highest BCUT2D eigenvalue weighted by Gasteiger charge is 2.27. The van der Waals surface area contributed by atoms with Crippen molar-refractivity contribution >= 4 is 23.5 Å². The molecule has 0 fully saturated rings. The van der Waals surface area contributed by atoms with E-state index in [1.165, 1.54) is 0 Å². The molecule has 0 spiro atoms. The van der Waals surface area contributed by atoms with Gasteiger partial charge in [-0.1, -0.05) is 31.2 Å². The third-order valence-electron chi connectivity index (χ3n) is 2.80. The van der Waals surface area contributed by atoms with Gasteiger partial charge in [-0.2, -0.15) is 17.0 Å². The molecule has 5 heteroatoms.